The quantitative estimate of drug-likeness (QED) is 0.852. The summed E-state index contributed by atoms with van der Waals surface area (Å²) in [5, 5.41) is 0. The van der Waals surface area contributed by atoms with Crippen LogP contribution in [0, 0.1) is 0 Å². The summed E-state index contributed by atoms with van der Waals surface area (Å²) in [5.41, 5.74) is 6.84. The van der Waals surface area contributed by atoms with Crippen LogP contribution in [-0.2, 0) is 6.42 Å². The van der Waals surface area contributed by atoms with Crippen molar-refractivity contribution < 1.29 is 4.74 Å². The fourth-order valence-electron chi connectivity index (χ4n) is 2.42. The van der Waals surface area contributed by atoms with Gasteiger partial charge in [0, 0.05) is 32.7 Å². The lowest BCUT2D eigenvalue weighted by atomic mass is 10.1. The zero-order valence-corrected chi connectivity index (χ0v) is 13.7. The molecule has 112 valence electrons. The monoisotopic (exact) mass is 341 g/mol. The minimum absolute atomic E-state index is 0.644. The van der Waals surface area contributed by atoms with Gasteiger partial charge in [-0.3, -0.25) is 4.90 Å². The number of piperazine rings is 1. The first-order valence-corrected chi connectivity index (χ1v) is 8.01. The van der Waals surface area contributed by atoms with Gasteiger partial charge in [0.1, 0.15) is 12.4 Å². The Hall–Kier alpha value is -0.620. The average Bonchev–Trinajstić information content (AvgIpc) is 2.44. The van der Waals surface area contributed by atoms with Crippen molar-refractivity contribution in [1.29, 1.82) is 0 Å². The van der Waals surface area contributed by atoms with Gasteiger partial charge in [0.05, 0.1) is 4.47 Å². The van der Waals surface area contributed by atoms with Gasteiger partial charge in [0.2, 0.25) is 0 Å². The molecule has 5 heteroatoms. The first-order valence-electron chi connectivity index (χ1n) is 7.22. The SMILES string of the molecule is CN1CCN(CCOc2c(Br)cccc2CCN)CC1. The van der Waals surface area contributed by atoms with Crippen LogP contribution in [0.1, 0.15) is 5.56 Å². The van der Waals surface area contributed by atoms with E-state index in [2.05, 4.69) is 38.8 Å². The van der Waals surface area contributed by atoms with E-state index in [-0.39, 0.29) is 0 Å². The second kappa shape index (κ2) is 7.98. The molecule has 0 amide bonds. The largest absolute Gasteiger partial charge is 0.491 e. The van der Waals surface area contributed by atoms with Gasteiger partial charge >= 0.3 is 0 Å². The number of halogens is 1. The highest BCUT2D eigenvalue weighted by Gasteiger charge is 2.14. The van der Waals surface area contributed by atoms with E-state index in [1.165, 1.54) is 5.56 Å². The van der Waals surface area contributed by atoms with Crippen LogP contribution in [0.5, 0.6) is 5.75 Å². The molecule has 1 aromatic carbocycles. The summed E-state index contributed by atoms with van der Waals surface area (Å²) in [6, 6.07) is 6.14. The Labute approximate surface area is 130 Å². The Kier molecular flexibility index (Phi) is 6.29. The van der Waals surface area contributed by atoms with Crippen LogP contribution in [0.25, 0.3) is 0 Å². The summed E-state index contributed by atoms with van der Waals surface area (Å²) in [6.45, 7) is 6.91. The van der Waals surface area contributed by atoms with Gasteiger partial charge in [-0.25, -0.2) is 0 Å². The molecule has 2 N–H and O–H groups in total. The summed E-state index contributed by atoms with van der Waals surface area (Å²) in [4.78, 5) is 4.82. The second-order valence-electron chi connectivity index (χ2n) is 5.26. The number of nitrogens with zero attached hydrogens (tertiary/aromatic N) is 2. The lowest BCUT2D eigenvalue weighted by molar-refractivity contribution is 0.133. The van der Waals surface area contributed by atoms with E-state index in [0.29, 0.717) is 6.54 Å². The average molecular weight is 342 g/mol. The fraction of sp³-hybridized carbons (Fsp3) is 0.600. The van der Waals surface area contributed by atoms with E-state index in [1.807, 2.05) is 12.1 Å². The summed E-state index contributed by atoms with van der Waals surface area (Å²) in [5.74, 6) is 0.951. The maximum Gasteiger partial charge on any atom is 0.136 e. The van der Waals surface area contributed by atoms with Gasteiger partial charge in [-0.2, -0.15) is 0 Å². The topological polar surface area (TPSA) is 41.7 Å². The second-order valence-corrected chi connectivity index (χ2v) is 6.11. The van der Waals surface area contributed by atoms with Crippen molar-refractivity contribution in [3.63, 3.8) is 0 Å². The van der Waals surface area contributed by atoms with Gasteiger partial charge in [0.15, 0.2) is 0 Å². The van der Waals surface area contributed by atoms with E-state index in [0.717, 1.165) is 56.0 Å². The number of hydrogen-bond donors (Lipinski definition) is 1. The Morgan fingerprint density at radius 3 is 2.70 bits per heavy atom. The number of likely N-dealkylation sites (N-methyl/N-ethyl adjacent to an activating group) is 1. The number of ether oxygens (including phenoxy) is 1. The van der Waals surface area contributed by atoms with Crippen LogP contribution in [0.2, 0.25) is 0 Å². The van der Waals surface area contributed by atoms with Gasteiger partial charge in [-0.05, 0) is 47.6 Å². The number of benzene rings is 1. The zero-order valence-electron chi connectivity index (χ0n) is 12.1. The zero-order chi connectivity index (χ0) is 14.4. The first-order chi connectivity index (χ1) is 9.70. The predicted octanol–water partition coefficient (Wildman–Crippen LogP) is 1.58. The maximum absolute atomic E-state index is 5.99. The number of para-hydroxylation sites is 1. The van der Waals surface area contributed by atoms with Crippen LogP contribution in [-0.4, -0.2) is 62.7 Å². The standard InChI is InChI=1S/C15H24BrN3O/c1-18-7-9-19(10-8-18)11-12-20-15-13(5-6-17)3-2-4-14(15)16/h2-4H,5-12,17H2,1H3. The molecule has 20 heavy (non-hydrogen) atoms. The van der Waals surface area contributed by atoms with Crippen molar-refractivity contribution in [3.8, 4) is 5.75 Å². The highest BCUT2D eigenvalue weighted by Crippen LogP contribution is 2.29. The minimum atomic E-state index is 0.644. The van der Waals surface area contributed by atoms with Gasteiger partial charge in [-0.15, -0.1) is 0 Å². The molecular formula is C15H24BrN3O. The third kappa shape index (κ3) is 4.45. The van der Waals surface area contributed by atoms with Crippen LogP contribution in [0.15, 0.2) is 22.7 Å². The fourth-order valence-corrected chi connectivity index (χ4v) is 2.94. The Bertz CT molecular complexity index is 420. The highest BCUT2D eigenvalue weighted by molar-refractivity contribution is 9.10. The summed E-state index contributed by atoms with van der Waals surface area (Å²) in [6.07, 6.45) is 0.850. The third-order valence-electron chi connectivity index (χ3n) is 3.71. The molecular weight excluding hydrogens is 318 g/mol. The number of nitrogens with two attached hydrogens (primary N) is 1. The molecule has 0 unspecified atom stereocenters. The van der Waals surface area contributed by atoms with Crippen molar-refractivity contribution in [2.75, 3.05) is 52.9 Å². The molecule has 0 bridgehead atoms. The Morgan fingerprint density at radius 1 is 1.25 bits per heavy atom. The van der Waals surface area contributed by atoms with E-state index in [1.54, 1.807) is 0 Å². The minimum Gasteiger partial charge on any atom is -0.491 e. The lowest BCUT2D eigenvalue weighted by Crippen LogP contribution is -2.45. The molecule has 1 heterocycles. The normalized spacial score (nSPS) is 17.4. The number of rotatable bonds is 6. The molecule has 1 aliphatic heterocycles. The lowest BCUT2D eigenvalue weighted by Gasteiger charge is -2.32. The molecule has 1 aromatic rings. The molecule has 0 aliphatic carbocycles. The summed E-state index contributed by atoms with van der Waals surface area (Å²) in [7, 11) is 2.17. The van der Waals surface area contributed by atoms with Gasteiger partial charge in [-0.1, -0.05) is 12.1 Å². The van der Waals surface area contributed by atoms with Crippen molar-refractivity contribution in [1.82, 2.24) is 9.80 Å². The van der Waals surface area contributed by atoms with E-state index >= 15 is 0 Å². The molecule has 1 aliphatic rings. The Morgan fingerprint density at radius 2 is 2.00 bits per heavy atom. The Balaban J connectivity index is 1.84. The molecule has 0 spiro atoms. The molecule has 1 fully saturated rings. The van der Waals surface area contributed by atoms with E-state index in [9.17, 15) is 0 Å². The molecule has 1 saturated heterocycles. The molecule has 0 saturated carbocycles. The van der Waals surface area contributed by atoms with Crippen molar-refractivity contribution in [2.45, 2.75) is 6.42 Å². The smallest absolute Gasteiger partial charge is 0.136 e. The predicted molar refractivity (Wildman–Crippen MR) is 86.3 cm³/mol. The van der Waals surface area contributed by atoms with Crippen LogP contribution in [0.3, 0.4) is 0 Å². The molecule has 0 radical (unpaired) electrons. The van der Waals surface area contributed by atoms with Crippen LogP contribution in [0.4, 0.5) is 0 Å². The number of hydrogen-bond acceptors (Lipinski definition) is 4. The van der Waals surface area contributed by atoms with Gasteiger partial charge < -0.3 is 15.4 Å². The molecule has 0 atom stereocenters. The molecule has 0 aromatic heterocycles. The first kappa shape index (κ1) is 15.8. The highest BCUT2D eigenvalue weighted by atomic mass is 79.9. The third-order valence-corrected chi connectivity index (χ3v) is 4.34. The van der Waals surface area contributed by atoms with E-state index in [4.69, 9.17) is 10.5 Å². The summed E-state index contributed by atoms with van der Waals surface area (Å²) < 4.78 is 7.01. The maximum atomic E-state index is 5.99. The van der Waals surface area contributed by atoms with Gasteiger partial charge in [0.25, 0.3) is 0 Å². The van der Waals surface area contributed by atoms with E-state index < -0.39 is 0 Å². The summed E-state index contributed by atoms with van der Waals surface area (Å²) >= 11 is 3.57. The van der Waals surface area contributed by atoms with Crippen molar-refractivity contribution in [3.05, 3.63) is 28.2 Å². The molecule has 4 nitrogen and oxygen atoms in total. The van der Waals surface area contributed by atoms with Crippen molar-refractivity contribution in [2.24, 2.45) is 5.73 Å². The van der Waals surface area contributed by atoms with Crippen LogP contribution < -0.4 is 10.5 Å². The van der Waals surface area contributed by atoms with Crippen molar-refractivity contribution >= 4 is 15.9 Å². The van der Waals surface area contributed by atoms with Crippen LogP contribution >= 0.6 is 15.9 Å². The molecule has 2 rings (SSSR count).